The largest absolute Gasteiger partial charge is 0.309 e. The van der Waals surface area contributed by atoms with Crippen molar-refractivity contribution in [3.63, 3.8) is 0 Å². The third kappa shape index (κ3) is 3.30. The van der Waals surface area contributed by atoms with Crippen molar-refractivity contribution in [1.29, 1.82) is 0 Å². The third-order valence-corrected chi connectivity index (χ3v) is 12.0. The van der Waals surface area contributed by atoms with E-state index in [0.29, 0.717) is 0 Å². The fourth-order valence-corrected chi connectivity index (χ4v) is 9.93. The highest BCUT2D eigenvalue weighted by atomic mass is 32.1. The molecular weight excluding hydrogens is 613 g/mol. The van der Waals surface area contributed by atoms with Gasteiger partial charge in [-0.25, -0.2) is 0 Å². The summed E-state index contributed by atoms with van der Waals surface area (Å²) in [6, 6.07) is 58.6. The molecule has 2 nitrogen and oxygen atoms in total. The van der Waals surface area contributed by atoms with Crippen molar-refractivity contribution >= 4 is 85.9 Å². The maximum absolute atomic E-state index is 2.49. The van der Waals surface area contributed by atoms with E-state index in [1.54, 1.807) is 0 Å². The van der Waals surface area contributed by atoms with Crippen LogP contribution in [0.2, 0.25) is 0 Å². The fraction of sp³-hybridized carbons (Fsp3) is 0. The van der Waals surface area contributed by atoms with Gasteiger partial charge in [-0.2, -0.15) is 0 Å². The van der Waals surface area contributed by atoms with E-state index in [9.17, 15) is 0 Å². The third-order valence-electron chi connectivity index (χ3n) is 10.8. The Kier molecular flexibility index (Phi) is 4.89. The van der Waals surface area contributed by atoms with Crippen LogP contribution >= 0.6 is 11.3 Å². The number of thiophene rings is 1. The molecule has 1 aliphatic carbocycles. The molecule has 226 valence electrons. The summed E-state index contributed by atoms with van der Waals surface area (Å²) in [5.41, 5.74) is 12.6. The van der Waals surface area contributed by atoms with Gasteiger partial charge in [-0.05, 0) is 82.1 Å². The Morgan fingerprint density at radius 2 is 1.02 bits per heavy atom. The maximum Gasteiger partial charge on any atom is 0.0625 e. The summed E-state index contributed by atoms with van der Waals surface area (Å²) >= 11 is 1.88. The molecule has 0 N–H and O–H groups in total. The van der Waals surface area contributed by atoms with Crippen LogP contribution in [-0.2, 0) is 0 Å². The lowest BCUT2D eigenvalue weighted by atomic mass is 10.0. The zero-order valence-electron chi connectivity index (χ0n) is 26.3. The molecule has 0 radical (unpaired) electrons. The van der Waals surface area contributed by atoms with E-state index in [4.69, 9.17) is 0 Å². The first-order chi connectivity index (χ1) is 24.3. The fourth-order valence-electron chi connectivity index (χ4n) is 8.81. The number of rotatable bonds is 2. The van der Waals surface area contributed by atoms with Crippen molar-refractivity contribution in [2.45, 2.75) is 0 Å². The summed E-state index contributed by atoms with van der Waals surface area (Å²) < 4.78 is 7.59. The van der Waals surface area contributed by atoms with Crippen molar-refractivity contribution in [2.24, 2.45) is 0 Å². The highest BCUT2D eigenvalue weighted by Crippen LogP contribution is 2.52. The van der Waals surface area contributed by atoms with Gasteiger partial charge < -0.3 is 9.13 Å². The molecule has 0 amide bonds. The van der Waals surface area contributed by atoms with Gasteiger partial charge in [0.05, 0.1) is 22.1 Å². The first-order valence-electron chi connectivity index (χ1n) is 16.9. The van der Waals surface area contributed by atoms with E-state index >= 15 is 0 Å². The number of benzene rings is 8. The van der Waals surface area contributed by atoms with E-state index in [2.05, 4.69) is 167 Å². The van der Waals surface area contributed by atoms with Gasteiger partial charge >= 0.3 is 0 Å². The second-order valence-electron chi connectivity index (χ2n) is 13.3. The Morgan fingerprint density at radius 1 is 0.367 bits per heavy atom. The van der Waals surface area contributed by atoms with Crippen molar-refractivity contribution in [2.75, 3.05) is 0 Å². The molecular formula is C46H26N2S. The molecule has 1 aliphatic rings. The smallest absolute Gasteiger partial charge is 0.0625 e. The predicted octanol–water partition coefficient (Wildman–Crippen LogP) is 13.0. The summed E-state index contributed by atoms with van der Waals surface area (Å²) in [5, 5.41) is 10.5. The molecule has 49 heavy (non-hydrogen) atoms. The van der Waals surface area contributed by atoms with Gasteiger partial charge in [0.2, 0.25) is 0 Å². The quantitative estimate of drug-likeness (QED) is 0.178. The Morgan fingerprint density at radius 3 is 1.82 bits per heavy atom. The second-order valence-corrected chi connectivity index (χ2v) is 14.4. The first-order valence-corrected chi connectivity index (χ1v) is 17.7. The van der Waals surface area contributed by atoms with Crippen LogP contribution in [0.1, 0.15) is 0 Å². The highest BCUT2D eigenvalue weighted by Gasteiger charge is 2.27. The molecule has 3 heterocycles. The molecule has 12 rings (SSSR count). The van der Waals surface area contributed by atoms with Gasteiger partial charge in [0.1, 0.15) is 0 Å². The Hall–Kier alpha value is -6.16. The summed E-state index contributed by atoms with van der Waals surface area (Å²) in [6.07, 6.45) is 0. The highest BCUT2D eigenvalue weighted by molar-refractivity contribution is 7.25. The van der Waals surface area contributed by atoms with Crippen molar-refractivity contribution in [1.82, 2.24) is 9.13 Å². The normalized spacial score (nSPS) is 12.5. The van der Waals surface area contributed by atoms with Crippen molar-refractivity contribution < 1.29 is 0 Å². The lowest BCUT2D eigenvalue weighted by Crippen LogP contribution is -1.98. The second kappa shape index (κ2) is 9.25. The van der Waals surface area contributed by atoms with E-state index in [0.717, 1.165) is 0 Å². The number of hydrogen-bond acceptors (Lipinski definition) is 1. The summed E-state index contributed by atoms with van der Waals surface area (Å²) in [7, 11) is 0. The van der Waals surface area contributed by atoms with E-state index in [1.807, 2.05) is 11.3 Å². The van der Waals surface area contributed by atoms with Crippen LogP contribution in [0.4, 0.5) is 0 Å². The minimum Gasteiger partial charge on any atom is -0.309 e. The molecule has 0 aliphatic heterocycles. The molecule has 0 spiro atoms. The van der Waals surface area contributed by atoms with Gasteiger partial charge in [-0.15, -0.1) is 11.3 Å². The number of para-hydroxylation sites is 2. The SMILES string of the molecule is c1cc2c3c(cccc3c1)-c1c-2ccc2c3ccccc3n(-c3ccc(-n4c5ccccc5c5cc6c(cc54)sc4ccccc46)cc3)c12. The van der Waals surface area contributed by atoms with Gasteiger partial charge in [-0.3, -0.25) is 0 Å². The van der Waals surface area contributed by atoms with Gasteiger partial charge in [0, 0.05) is 58.7 Å². The molecule has 3 heteroatoms. The zero-order chi connectivity index (χ0) is 31.8. The molecule has 11 aromatic rings. The number of hydrogen-bond donors (Lipinski definition) is 0. The topological polar surface area (TPSA) is 9.86 Å². The van der Waals surface area contributed by atoms with E-state index in [-0.39, 0.29) is 0 Å². The number of fused-ring (bicyclic) bond motifs is 13. The Labute approximate surface area is 285 Å². The minimum atomic E-state index is 1.17. The lowest BCUT2D eigenvalue weighted by molar-refractivity contribution is 1.15. The Bertz CT molecular complexity index is 3200. The number of aromatic nitrogens is 2. The minimum absolute atomic E-state index is 1.17. The summed E-state index contributed by atoms with van der Waals surface area (Å²) in [4.78, 5) is 0. The van der Waals surface area contributed by atoms with Crippen LogP contribution < -0.4 is 0 Å². The van der Waals surface area contributed by atoms with E-state index < -0.39 is 0 Å². The van der Waals surface area contributed by atoms with Gasteiger partial charge in [0.25, 0.3) is 0 Å². The average molecular weight is 639 g/mol. The molecule has 0 fully saturated rings. The van der Waals surface area contributed by atoms with E-state index in [1.165, 1.54) is 108 Å². The summed E-state index contributed by atoms with van der Waals surface area (Å²) in [5.74, 6) is 0. The molecule has 8 aromatic carbocycles. The average Bonchev–Trinajstić information content (AvgIpc) is 3.88. The molecule has 0 bridgehead atoms. The van der Waals surface area contributed by atoms with Crippen molar-refractivity contribution in [3.05, 3.63) is 158 Å². The lowest BCUT2D eigenvalue weighted by Gasteiger charge is -2.14. The molecule has 0 atom stereocenters. The van der Waals surface area contributed by atoms with Crippen LogP contribution in [0, 0.1) is 0 Å². The van der Waals surface area contributed by atoms with Crippen LogP contribution in [-0.4, -0.2) is 9.13 Å². The van der Waals surface area contributed by atoms with Crippen LogP contribution in [0.15, 0.2) is 158 Å². The van der Waals surface area contributed by atoms with Crippen molar-refractivity contribution in [3.8, 4) is 33.6 Å². The van der Waals surface area contributed by atoms with Crippen LogP contribution in [0.5, 0.6) is 0 Å². The van der Waals surface area contributed by atoms with Crippen LogP contribution in [0.25, 0.3) is 108 Å². The molecule has 3 aromatic heterocycles. The summed E-state index contributed by atoms with van der Waals surface area (Å²) in [6.45, 7) is 0. The Balaban J connectivity index is 1.11. The van der Waals surface area contributed by atoms with Gasteiger partial charge in [0.15, 0.2) is 0 Å². The van der Waals surface area contributed by atoms with Crippen LogP contribution in [0.3, 0.4) is 0 Å². The zero-order valence-corrected chi connectivity index (χ0v) is 27.1. The first kappa shape index (κ1) is 25.9. The standard InChI is InChI=1S/C46H26N2S/c1-5-17-40-30(11-1)35-24-23-34-33-14-7-9-27-10-8-15-36(44(27)33)45(34)46(35)48(40)29-21-19-28(20-22-29)47-39-16-4-2-12-31(39)37-25-38-32-13-3-6-18-42(32)49-43(38)26-41(37)47/h1-26H. The molecule has 0 saturated carbocycles. The predicted molar refractivity (Wildman–Crippen MR) is 210 cm³/mol. The monoisotopic (exact) mass is 638 g/mol. The maximum atomic E-state index is 2.49. The van der Waals surface area contributed by atoms with Gasteiger partial charge in [-0.1, -0.05) is 103 Å². The molecule has 0 saturated heterocycles. The molecule has 0 unspecified atom stereocenters. The number of nitrogens with zero attached hydrogens (tertiary/aromatic N) is 2.